The van der Waals surface area contributed by atoms with Gasteiger partial charge in [0.2, 0.25) is 0 Å². The molecule has 4 aliphatic carbocycles. The van der Waals surface area contributed by atoms with Crippen LogP contribution in [0.15, 0.2) is 11.6 Å². The quantitative estimate of drug-likeness (QED) is 0.247. The number of hydrogen-bond donors (Lipinski definition) is 0. The zero-order valence-corrected chi connectivity index (χ0v) is 24.9. The number of allylic oxidation sites excluding steroid dienone is 1. The number of rotatable bonds is 7. The topological polar surface area (TPSA) is 61.8 Å². The van der Waals surface area contributed by atoms with Gasteiger partial charge in [-0.1, -0.05) is 65.5 Å². The molecule has 0 aromatic carbocycles. The second-order valence-electron chi connectivity index (χ2n) is 14.9. The van der Waals surface area contributed by atoms with Gasteiger partial charge in [-0.2, -0.15) is 0 Å². The molecular formula is C33H52O5. The summed E-state index contributed by atoms with van der Waals surface area (Å²) in [6.45, 7) is 14.3. The Morgan fingerprint density at radius 1 is 1.00 bits per heavy atom. The van der Waals surface area contributed by atoms with Gasteiger partial charge in [0.1, 0.15) is 24.7 Å². The van der Waals surface area contributed by atoms with Crippen LogP contribution in [-0.2, 0) is 19.0 Å². The molecular weight excluding hydrogens is 476 g/mol. The van der Waals surface area contributed by atoms with E-state index in [-0.39, 0.29) is 30.7 Å². The summed E-state index contributed by atoms with van der Waals surface area (Å²) in [6, 6.07) is 0. The monoisotopic (exact) mass is 528 g/mol. The second-order valence-corrected chi connectivity index (χ2v) is 14.9. The van der Waals surface area contributed by atoms with Gasteiger partial charge in [-0.15, -0.1) is 0 Å². The molecule has 5 nitrogen and oxygen atoms in total. The van der Waals surface area contributed by atoms with E-state index in [1.807, 2.05) is 0 Å². The summed E-state index contributed by atoms with van der Waals surface area (Å²) in [7, 11) is 0. The van der Waals surface area contributed by atoms with Crippen LogP contribution in [0.2, 0.25) is 0 Å². The van der Waals surface area contributed by atoms with Crippen LogP contribution in [0.3, 0.4) is 0 Å². The summed E-state index contributed by atoms with van der Waals surface area (Å²) in [6.07, 6.45) is 15.5. The Hall–Kier alpha value is -1.52. The molecule has 0 amide bonds. The first-order chi connectivity index (χ1) is 18.0. The summed E-state index contributed by atoms with van der Waals surface area (Å²) in [4.78, 5) is 24.3. The molecule has 0 radical (unpaired) electrons. The predicted molar refractivity (Wildman–Crippen MR) is 148 cm³/mol. The van der Waals surface area contributed by atoms with Gasteiger partial charge in [0.25, 0.3) is 0 Å². The molecule has 0 bridgehead atoms. The lowest BCUT2D eigenvalue weighted by Gasteiger charge is -2.58. The van der Waals surface area contributed by atoms with E-state index < -0.39 is 11.6 Å². The van der Waals surface area contributed by atoms with Gasteiger partial charge in [0, 0.05) is 6.42 Å². The summed E-state index contributed by atoms with van der Waals surface area (Å²) >= 11 is 0. The van der Waals surface area contributed by atoms with Crippen LogP contribution in [0.4, 0.5) is 4.79 Å². The summed E-state index contributed by atoms with van der Waals surface area (Å²) < 4.78 is 16.0. The molecule has 1 unspecified atom stereocenters. The van der Waals surface area contributed by atoms with Gasteiger partial charge >= 0.3 is 12.1 Å². The van der Waals surface area contributed by atoms with Gasteiger partial charge in [0.15, 0.2) is 0 Å². The third-order valence-corrected chi connectivity index (χ3v) is 12.0. The zero-order valence-electron chi connectivity index (χ0n) is 24.9. The number of fused-ring (bicyclic) bond motifs is 5. The molecule has 5 heteroatoms. The molecule has 1 heterocycles. The summed E-state index contributed by atoms with van der Waals surface area (Å²) in [5.41, 5.74) is 1.36. The summed E-state index contributed by atoms with van der Waals surface area (Å²) in [5.74, 6) is 4.67. The van der Waals surface area contributed by atoms with Crippen LogP contribution >= 0.6 is 0 Å². The fourth-order valence-electron chi connectivity index (χ4n) is 9.68. The molecule has 8 atom stereocenters. The second kappa shape index (κ2) is 10.5. The average Bonchev–Trinajstić information content (AvgIpc) is 3.23. The van der Waals surface area contributed by atoms with Crippen molar-refractivity contribution in [1.82, 2.24) is 0 Å². The maximum Gasteiger partial charge on any atom is 0.508 e. The van der Waals surface area contributed by atoms with E-state index in [1.165, 1.54) is 56.9 Å². The van der Waals surface area contributed by atoms with Crippen molar-refractivity contribution in [1.29, 1.82) is 0 Å². The smallest absolute Gasteiger partial charge is 0.461 e. The Labute approximate surface area is 230 Å². The standard InChI is InChI=1S/C33H52O5/c1-21(2)8-7-9-22(3)26-12-13-27-25-11-10-23-18-24(38-29(34)31(4)19-36-30(35)37-20-31)14-16-32(23,5)28(25)15-17-33(26,27)6/h10,21-22,24-28H,7-9,11-20H2,1-6H3/t22-,24?,25+,26-,27+,28+,32+,33-/m1/s1. The molecule has 0 N–H and O–H groups in total. The first-order valence-electron chi connectivity index (χ1n) is 15.7. The molecule has 5 rings (SSSR count). The van der Waals surface area contributed by atoms with Crippen LogP contribution in [-0.4, -0.2) is 31.4 Å². The van der Waals surface area contributed by atoms with E-state index in [9.17, 15) is 9.59 Å². The lowest BCUT2D eigenvalue weighted by molar-refractivity contribution is -0.173. The van der Waals surface area contributed by atoms with E-state index in [0.29, 0.717) is 5.41 Å². The van der Waals surface area contributed by atoms with Gasteiger partial charge in [-0.25, -0.2) is 4.79 Å². The number of cyclic esters (lactones) is 2. The van der Waals surface area contributed by atoms with E-state index >= 15 is 0 Å². The molecule has 3 saturated carbocycles. The highest BCUT2D eigenvalue weighted by Gasteiger charge is 2.59. The van der Waals surface area contributed by atoms with Crippen LogP contribution in [0, 0.1) is 51.8 Å². The molecule has 1 aliphatic heterocycles. The van der Waals surface area contributed by atoms with Crippen LogP contribution in [0.1, 0.15) is 112 Å². The Balaban J connectivity index is 1.23. The van der Waals surface area contributed by atoms with Crippen molar-refractivity contribution in [2.75, 3.05) is 13.2 Å². The number of carbonyl (C=O) groups excluding carboxylic acids is 2. The molecule has 0 aromatic heterocycles. The number of carbonyl (C=O) groups is 2. The van der Waals surface area contributed by atoms with Crippen LogP contribution in [0.5, 0.6) is 0 Å². The van der Waals surface area contributed by atoms with Gasteiger partial charge in [-0.3, -0.25) is 4.79 Å². The minimum absolute atomic E-state index is 0.0268. The lowest BCUT2D eigenvalue weighted by Crippen LogP contribution is -2.51. The predicted octanol–water partition coefficient (Wildman–Crippen LogP) is 8.11. The van der Waals surface area contributed by atoms with E-state index in [1.54, 1.807) is 6.92 Å². The maximum atomic E-state index is 13.0. The first-order valence-corrected chi connectivity index (χ1v) is 15.7. The highest BCUT2D eigenvalue weighted by atomic mass is 16.7. The summed E-state index contributed by atoms with van der Waals surface area (Å²) in [5, 5.41) is 0. The molecule has 4 fully saturated rings. The van der Waals surface area contributed by atoms with Crippen molar-refractivity contribution in [2.45, 2.75) is 118 Å². The Morgan fingerprint density at radius 3 is 2.45 bits per heavy atom. The van der Waals surface area contributed by atoms with E-state index in [0.717, 1.165) is 54.8 Å². The van der Waals surface area contributed by atoms with Gasteiger partial charge < -0.3 is 14.2 Å². The minimum Gasteiger partial charge on any atom is -0.461 e. The van der Waals surface area contributed by atoms with Crippen LogP contribution in [0.25, 0.3) is 0 Å². The molecule has 5 aliphatic rings. The molecule has 214 valence electrons. The van der Waals surface area contributed by atoms with Crippen molar-refractivity contribution in [3.05, 3.63) is 11.6 Å². The third kappa shape index (κ3) is 4.94. The largest absolute Gasteiger partial charge is 0.508 e. The first kappa shape index (κ1) is 28.0. The van der Waals surface area contributed by atoms with Crippen molar-refractivity contribution in [3.63, 3.8) is 0 Å². The zero-order chi connectivity index (χ0) is 27.3. The number of esters is 1. The van der Waals surface area contributed by atoms with Gasteiger partial charge in [0.05, 0.1) is 0 Å². The van der Waals surface area contributed by atoms with Gasteiger partial charge in [-0.05, 0) is 98.2 Å². The molecule has 0 aromatic rings. The number of ether oxygens (including phenoxy) is 3. The Bertz CT molecular complexity index is 928. The van der Waals surface area contributed by atoms with Crippen molar-refractivity contribution >= 4 is 12.1 Å². The van der Waals surface area contributed by atoms with E-state index in [4.69, 9.17) is 14.2 Å². The highest BCUT2D eigenvalue weighted by Crippen LogP contribution is 2.67. The molecule has 0 spiro atoms. The SMILES string of the molecule is CC(C)CCC[C@@H](C)[C@H]1CC[C@H]2[C@@H]3CC=C4CC(OC(=O)C5(C)COC(=O)OC5)CC[C@]4(C)[C@H]3CC[C@]12C. The van der Waals surface area contributed by atoms with Crippen molar-refractivity contribution in [2.24, 2.45) is 51.8 Å². The number of hydrogen-bond acceptors (Lipinski definition) is 5. The minimum atomic E-state index is -0.917. The third-order valence-electron chi connectivity index (χ3n) is 12.0. The highest BCUT2D eigenvalue weighted by molar-refractivity contribution is 5.78. The fraction of sp³-hybridized carbons (Fsp3) is 0.879. The normalized spacial score (nSPS) is 40.7. The molecule has 38 heavy (non-hydrogen) atoms. The lowest BCUT2D eigenvalue weighted by atomic mass is 9.47. The molecule has 1 saturated heterocycles. The van der Waals surface area contributed by atoms with Crippen LogP contribution < -0.4 is 0 Å². The fourth-order valence-corrected chi connectivity index (χ4v) is 9.68. The average molecular weight is 529 g/mol. The van der Waals surface area contributed by atoms with Crippen molar-refractivity contribution in [3.8, 4) is 0 Å². The Morgan fingerprint density at radius 2 is 1.74 bits per heavy atom. The van der Waals surface area contributed by atoms with Crippen molar-refractivity contribution < 1.29 is 23.8 Å². The Kier molecular flexibility index (Phi) is 7.72. The maximum absolute atomic E-state index is 13.0. The van der Waals surface area contributed by atoms with E-state index in [2.05, 4.69) is 40.7 Å².